The van der Waals surface area contributed by atoms with Crippen molar-refractivity contribution >= 4 is 28.6 Å². The molecule has 2 atom stereocenters. The van der Waals surface area contributed by atoms with Crippen LogP contribution in [0, 0.1) is 5.92 Å². The van der Waals surface area contributed by atoms with E-state index in [1.54, 1.807) is 24.2 Å². The molecule has 9 heteroatoms. The minimum atomic E-state index is -4.37. The van der Waals surface area contributed by atoms with Gasteiger partial charge < -0.3 is 14.3 Å². The van der Waals surface area contributed by atoms with Gasteiger partial charge in [0.2, 0.25) is 5.91 Å². The maximum absolute atomic E-state index is 13.4. The molecule has 5 nitrogen and oxygen atoms in total. The number of thioether (sulfide) groups is 1. The van der Waals surface area contributed by atoms with Crippen LogP contribution in [0.5, 0.6) is 0 Å². The molecule has 0 aliphatic carbocycles. The Morgan fingerprint density at radius 2 is 2.15 bits per heavy atom. The molecule has 2 aromatic heterocycles. The highest BCUT2D eigenvalue weighted by Crippen LogP contribution is 2.41. The molecule has 1 amide bonds. The Bertz CT molecular complexity index is 1220. The van der Waals surface area contributed by atoms with Crippen LogP contribution >= 0.6 is 11.8 Å². The molecule has 0 saturated carbocycles. The second-order valence-electron chi connectivity index (χ2n) is 8.37. The van der Waals surface area contributed by atoms with E-state index in [-0.39, 0.29) is 18.7 Å². The molecule has 1 N–H and O–H groups in total. The number of hydrogen-bond acceptors (Lipinski definition) is 4. The topological polar surface area (TPSA) is 62.1 Å². The summed E-state index contributed by atoms with van der Waals surface area (Å²) in [7, 11) is 0. The van der Waals surface area contributed by atoms with Crippen molar-refractivity contribution in [1.82, 2.24) is 14.9 Å². The number of hydrogen-bond donors (Lipinski definition) is 1. The minimum absolute atomic E-state index is 0.0372. The molecule has 0 fully saturated rings. The lowest BCUT2D eigenvalue weighted by Gasteiger charge is -2.34. The van der Waals surface area contributed by atoms with Gasteiger partial charge in [-0.15, -0.1) is 11.8 Å². The van der Waals surface area contributed by atoms with E-state index in [1.165, 1.54) is 0 Å². The summed E-state index contributed by atoms with van der Waals surface area (Å²) in [6.07, 6.45) is -0.0904. The summed E-state index contributed by atoms with van der Waals surface area (Å²) in [5.74, 6) is -0.188. The van der Waals surface area contributed by atoms with Gasteiger partial charge in [0.05, 0.1) is 18.4 Å². The fourth-order valence-corrected chi connectivity index (χ4v) is 5.46. The second-order valence-corrected chi connectivity index (χ2v) is 9.36. The molecule has 0 radical (unpaired) electrons. The van der Waals surface area contributed by atoms with E-state index >= 15 is 0 Å². The zero-order chi connectivity index (χ0) is 23.2. The van der Waals surface area contributed by atoms with Crippen LogP contribution in [-0.2, 0) is 11.2 Å². The number of rotatable bonds is 3. The molecule has 172 valence electrons. The first-order valence-corrected chi connectivity index (χ1v) is 11.6. The van der Waals surface area contributed by atoms with E-state index in [2.05, 4.69) is 9.97 Å². The largest absolute Gasteiger partial charge is 0.458 e. The summed E-state index contributed by atoms with van der Waals surface area (Å²) >= 11 is 0.990. The van der Waals surface area contributed by atoms with Crippen molar-refractivity contribution in [3.63, 3.8) is 0 Å². The number of allylic oxidation sites excluding steroid dienone is 2. The quantitative estimate of drug-likeness (QED) is 0.498. The molecule has 3 aromatic rings. The van der Waals surface area contributed by atoms with Gasteiger partial charge in [-0.2, -0.15) is 13.2 Å². The molecule has 5 rings (SSSR count). The van der Waals surface area contributed by atoms with Crippen molar-refractivity contribution in [1.29, 1.82) is 0 Å². The van der Waals surface area contributed by atoms with Crippen LogP contribution in [0.1, 0.15) is 43.0 Å². The summed E-state index contributed by atoms with van der Waals surface area (Å²) in [5.41, 5.74) is 1.87. The van der Waals surface area contributed by atoms with Gasteiger partial charge >= 0.3 is 6.18 Å². The number of aromatic nitrogens is 2. The maximum atomic E-state index is 13.4. The average molecular weight is 474 g/mol. The Kier molecular flexibility index (Phi) is 5.60. The Balaban J connectivity index is 1.43. The monoisotopic (exact) mass is 473 g/mol. The fraction of sp³-hybridized carbons (Fsp3) is 0.333. The lowest BCUT2D eigenvalue weighted by Crippen LogP contribution is -2.40. The summed E-state index contributed by atoms with van der Waals surface area (Å²) < 4.78 is 46.0. The Labute approximate surface area is 192 Å². The number of furan rings is 1. The van der Waals surface area contributed by atoms with E-state index in [0.717, 1.165) is 39.5 Å². The lowest BCUT2D eigenvalue weighted by atomic mass is 9.98. The smallest absolute Gasteiger partial charge is 0.413 e. The zero-order valence-corrected chi connectivity index (χ0v) is 18.7. The molecule has 1 aromatic carbocycles. The van der Waals surface area contributed by atoms with Gasteiger partial charge in [0, 0.05) is 29.6 Å². The third-order valence-electron chi connectivity index (χ3n) is 6.18. The third-order valence-corrected chi connectivity index (χ3v) is 7.16. The normalized spacial score (nSPS) is 21.4. The van der Waals surface area contributed by atoms with E-state index < -0.39 is 23.7 Å². The van der Waals surface area contributed by atoms with Gasteiger partial charge in [-0.05, 0) is 34.8 Å². The van der Waals surface area contributed by atoms with Gasteiger partial charge in [0.15, 0.2) is 0 Å². The molecule has 2 aliphatic rings. The van der Waals surface area contributed by atoms with Gasteiger partial charge in [-0.3, -0.25) is 4.79 Å². The maximum Gasteiger partial charge on any atom is 0.413 e. The number of amides is 1. The Morgan fingerprint density at radius 1 is 1.33 bits per heavy atom. The van der Waals surface area contributed by atoms with Crippen LogP contribution in [0.15, 0.2) is 63.0 Å². The average Bonchev–Trinajstić information content (AvgIpc) is 3.37. The van der Waals surface area contributed by atoms with Crippen molar-refractivity contribution in [2.75, 3.05) is 6.54 Å². The van der Waals surface area contributed by atoms with Gasteiger partial charge in [0.1, 0.15) is 17.4 Å². The number of nitrogens with zero attached hydrogens (tertiary/aromatic N) is 2. The number of benzene rings is 1. The first-order valence-electron chi connectivity index (χ1n) is 10.7. The van der Waals surface area contributed by atoms with Crippen LogP contribution in [-0.4, -0.2) is 33.5 Å². The number of nitrogens with one attached hydrogen (secondary N) is 1. The summed E-state index contributed by atoms with van der Waals surface area (Å²) in [6, 6.07) is 9.06. The highest BCUT2D eigenvalue weighted by Gasteiger charge is 2.39. The van der Waals surface area contributed by atoms with E-state index in [4.69, 9.17) is 4.42 Å². The molecule has 4 heterocycles. The highest BCUT2D eigenvalue weighted by atomic mass is 32.2. The molecule has 33 heavy (non-hydrogen) atoms. The summed E-state index contributed by atoms with van der Waals surface area (Å²) in [5, 5.41) is 2.08. The predicted molar refractivity (Wildman–Crippen MR) is 120 cm³/mol. The van der Waals surface area contributed by atoms with Gasteiger partial charge in [-0.25, -0.2) is 4.98 Å². The fourth-order valence-electron chi connectivity index (χ4n) is 4.42. The van der Waals surface area contributed by atoms with E-state index in [0.29, 0.717) is 23.6 Å². The number of para-hydroxylation sites is 1. The summed E-state index contributed by atoms with van der Waals surface area (Å²) in [4.78, 5) is 23.4. The Hall–Kier alpha value is -2.94. The molecular weight excluding hydrogens is 451 g/mol. The SMILES string of the molecule is CC1CC=C(CC(=O)N2CCc3[nH]cnc3[C@H]2c2cc3ccccc3o2)SC=C1C(F)(F)F. The number of H-pyrrole nitrogens is 1. The van der Waals surface area contributed by atoms with Crippen LogP contribution in [0.4, 0.5) is 13.2 Å². The van der Waals surface area contributed by atoms with E-state index in [1.807, 2.05) is 30.3 Å². The first kappa shape index (κ1) is 21.9. The standard InChI is InChI=1S/C24H22F3N3O2S/c1-14-6-7-16(33-12-17(14)24(25,26)27)11-21(31)30-9-8-18-22(29-13-28-18)23(30)20-10-15-4-2-3-5-19(15)32-20/h2-5,7,10,12-14,23H,6,8-9,11H2,1H3,(H,28,29)/t14?,23-/m1/s1. The number of carbonyl (C=O) groups is 1. The zero-order valence-electron chi connectivity index (χ0n) is 17.9. The minimum Gasteiger partial charge on any atom is -0.458 e. The third kappa shape index (κ3) is 4.21. The number of aromatic amines is 1. The molecule has 2 aliphatic heterocycles. The number of imidazole rings is 1. The second kappa shape index (κ2) is 8.44. The van der Waals surface area contributed by atoms with Crippen LogP contribution in [0.2, 0.25) is 0 Å². The van der Waals surface area contributed by atoms with Crippen LogP contribution in [0.3, 0.4) is 0 Å². The number of halogens is 3. The highest BCUT2D eigenvalue weighted by molar-refractivity contribution is 8.05. The number of carbonyl (C=O) groups excluding carboxylic acids is 1. The van der Waals surface area contributed by atoms with Gasteiger partial charge in [0.25, 0.3) is 0 Å². The molecule has 0 spiro atoms. The van der Waals surface area contributed by atoms with Crippen molar-refractivity contribution in [3.05, 3.63) is 75.8 Å². The first-order chi connectivity index (χ1) is 15.8. The van der Waals surface area contributed by atoms with Crippen molar-refractivity contribution in [2.45, 2.75) is 38.4 Å². The molecular formula is C24H22F3N3O2S. The van der Waals surface area contributed by atoms with E-state index in [9.17, 15) is 18.0 Å². The molecule has 0 saturated heterocycles. The lowest BCUT2D eigenvalue weighted by molar-refractivity contribution is -0.132. The van der Waals surface area contributed by atoms with Crippen molar-refractivity contribution in [2.24, 2.45) is 5.92 Å². The van der Waals surface area contributed by atoms with Gasteiger partial charge in [-0.1, -0.05) is 31.2 Å². The van der Waals surface area contributed by atoms with Crippen molar-refractivity contribution in [3.8, 4) is 0 Å². The van der Waals surface area contributed by atoms with Crippen molar-refractivity contribution < 1.29 is 22.4 Å². The van der Waals surface area contributed by atoms with Crippen LogP contribution in [0.25, 0.3) is 11.0 Å². The summed E-state index contributed by atoms with van der Waals surface area (Å²) in [6.45, 7) is 2.02. The van der Waals surface area contributed by atoms with Crippen LogP contribution < -0.4 is 0 Å². The molecule has 1 unspecified atom stereocenters. The Morgan fingerprint density at radius 3 is 2.94 bits per heavy atom. The predicted octanol–water partition coefficient (Wildman–Crippen LogP) is 6.12. The number of fused-ring (bicyclic) bond motifs is 2. The molecule has 0 bridgehead atoms. The number of alkyl halides is 3.